The summed E-state index contributed by atoms with van der Waals surface area (Å²) in [7, 11) is 0. The Morgan fingerprint density at radius 3 is 2.85 bits per heavy atom. The van der Waals surface area contributed by atoms with Gasteiger partial charge in [-0.3, -0.25) is 4.79 Å². The van der Waals surface area contributed by atoms with Crippen molar-refractivity contribution in [3.05, 3.63) is 29.3 Å². The molecule has 110 valence electrons. The van der Waals surface area contributed by atoms with Crippen LogP contribution < -0.4 is 10.6 Å². The van der Waals surface area contributed by atoms with E-state index in [1.807, 2.05) is 12.1 Å². The Balaban J connectivity index is 2.05. The number of benzene rings is 1. The maximum absolute atomic E-state index is 12.2. The van der Waals surface area contributed by atoms with Gasteiger partial charge in [0, 0.05) is 18.7 Å². The van der Waals surface area contributed by atoms with E-state index >= 15 is 0 Å². The van der Waals surface area contributed by atoms with Crippen molar-refractivity contribution in [2.75, 3.05) is 11.9 Å². The molecule has 2 rings (SSSR count). The van der Waals surface area contributed by atoms with E-state index in [-0.39, 0.29) is 11.3 Å². The molecule has 1 aliphatic heterocycles. The van der Waals surface area contributed by atoms with E-state index in [9.17, 15) is 4.79 Å². The Hall–Kier alpha value is -1.35. The molecule has 3 heteroatoms. The summed E-state index contributed by atoms with van der Waals surface area (Å²) in [6, 6.07) is 6.20. The molecule has 0 aromatic heterocycles. The lowest BCUT2D eigenvalue weighted by Crippen LogP contribution is -2.27. The zero-order valence-corrected chi connectivity index (χ0v) is 13.0. The van der Waals surface area contributed by atoms with Crippen molar-refractivity contribution in [2.24, 2.45) is 11.3 Å². The predicted octanol–water partition coefficient (Wildman–Crippen LogP) is 3.34. The number of anilines is 1. The highest BCUT2D eigenvalue weighted by Gasteiger charge is 2.23. The Morgan fingerprint density at radius 2 is 2.15 bits per heavy atom. The zero-order valence-electron chi connectivity index (χ0n) is 13.0. The highest BCUT2D eigenvalue weighted by atomic mass is 16.1. The fourth-order valence-electron chi connectivity index (χ4n) is 2.42. The second-order valence-corrected chi connectivity index (χ2v) is 6.89. The van der Waals surface area contributed by atoms with Gasteiger partial charge in [0.25, 0.3) is 0 Å². The van der Waals surface area contributed by atoms with Gasteiger partial charge in [-0.05, 0) is 41.5 Å². The number of fused-ring (bicyclic) bond motifs is 1. The molecular weight excluding hydrogens is 248 g/mol. The van der Waals surface area contributed by atoms with Crippen LogP contribution in [0.5, 0.6) is 0 Å². The van der Waals surface area contributed by atoms with Crippen LogP contribution in [0.4, 0.5) is 5.69 Å². The number of carbonyl (C=O) groups is 1. The van der Waals surface area contributed by atoms with Crippen molar-refractivity contribution >= 4 is 11.6 Å². The normalized spacial score (nSPS) is 16.4. The molecule has 0 fully saturated rings. The summed E-state index contributed by atoms with van der Waals surface area (Å²) in [5.74, 6) is 0.478. The van der Waals surface area contributed by atoms with Crippen LogP contribution in [0.2, 0.25) is 0 Å². The highest BCUT2D eigenvalue weighted by molar-refractivity contribution is 5.91. The molecule has 0 saturated carbocycles. The van der Waals surface area contributed by atoms with Gasteiger partial charge in [-0.1, -0.05) is 39.8 Å². The number of amides is 1. The van der Waals surface area contributed by atoms with Gasteiger partial charge in [-0.15, -0.1) is 0 Å². The van der Waals surface area contributed by atoms with Gasteiger partial charge >= 0.3 is 0 Å². The molecule has 1 unspecified atom stereocenters. The van der Waals surface area contributed by atoms with Gasteiger partial charge in [-0.25, -0.2) is 0 Å². The lowest BCUT2D eigenvalue weighted by Gasteiger charge is -2.27. The van der Waals surface area contributed by atoms with E-state index in [0.29, 0.717) is 12.3 Å². The zero-order chi connectivity index (χ0) is 14.8. The largest absolute Gasteiger partial charge is 0.326 e. The third kappa shape index (κ3) is 3.60. The van der Waals surface area contributed by atoms with Crippen molar-refractivity contribution in [3.63, 3.8) is 0 Å². The highest BCUT2D eigenvalue weighted by Crippen LogP contribution is 2.29. The predicted molar refractivity (Wildman–Crippen MR) is 83.7 cm³/mol. The summed E-state index contributed by atoms with van der Waals surface area (Å²) < 4.78 is 0. The Morgan fingerprint density at radius 1 is 1.40 bits per heavy atom. The quantitative estimate of drug-likeness (QED) is 0.887. The van der Waals surface area contributed by atoms with E-state index in [0.717, 1.165) is 25.2 Å². The first kappa shape index (κ1) is 15.0. The molecule has 0 bridgehead atoms. The van der Waals surface area contributed by atoms with Gasteiger partial charge in [0.1, 0.15) is 0 Å². The third-order valence-corrected chi connectivity index (χ3v) is 4.39. The second kappa shape index (κ2) is 5.96. The fraction of sp³-hybridized carbons (Fsp3) is 0.588. The van der Waals surface area contributed by atoms with Crippen molar-refractivity contribution < 1.29 is 4.79 Å². The molecule has 0 saturated heterocycles. The maximum atomic E-state index is 12.2. The van der Waals surface area contributed by atoms with Crippen LogP contribution in [-0.2, 0) is 17.8 Å². The first-order valence-electron chi connectivity index (χ1n) is 7.49. The summed E-state index contributed by atoms with van der Waals surface area (Å²) in [5, 5.41) is 6.46. The smallest absolute Gasteiger partial charge is 0.224 e. The Bertz CT molecular complexity index is 488. The summed E-state index contributed by atoms with van der Waals surface area (Å²) in [5.41, 5.74) is 3.73. The molecular formula is C17H26N2O. The summed E-state index contributed by atoms with van der Waals surface area (Å²) in [4.78, 5) is 12.2. The lowest BCUT2D eigenvalue weighted by atomic mass is 9.80. The molecule has 1 amide bonds. The van der Waals surface area contributed by atoms with Crippen LogP contribution in [0, 0.1) is 11.3 Å². The molecule has 0 aliphatic carbocycles. The van der Waals surface area contributed by atoms with Gasteiger partial charge in [-0.2, -0.15) is 0 Å². The van der Waals surface area contributed by atoms with Crippen LogP contribution in [0.1, 0.15) is 45.2 Å². The molecule has 0 spiro atoms. The van der Waals surface area contributed by atoms with Gasteiger partial charge < -0.3 is 10.6 Å². The van der Waals surface area contributed by atoms with Crippen LogP contribution in [0.15, 0.2) is 18.2 Å². The first-order valence-corrected chi connectivity index (χ1v) is 7.49. The fourth-order valence-corrected chi connectivity index (χ4v) is 2.42. The molecule has 1 aromatic carbocycles. The minimum atomic E-state index is 0.117. The molecule has 1 heterocycles. The van der Waals surface area contributed by atoms with Gasteiger partial charge in [0.15, 0.2) is 0 Å². The number of nitrogens with one attached hydrogen (secondary N) is 2. The third-order valence-electron chi connectivity index (χ3n) is 4.39. The second-order valence-electron chi connectivity index (χ2n) is 6.89. The number of carbonyl (C=O) groups excluding carboxylic acids is 1. The van der Waals surface area contributed by atoms with Gasteiger partial charge in [0.2, 0.25) is 5.91 Å². The summed E-state index contributed by atoms with van der Waals surface area (Å²) in [6.07, 6.45) is 1.61. The monoisotopic (exact) mass is 274 g/mol. The van der Waals surface area contributed by atoms with Crippen LogP contribution in [0.3, 0.4) is 0 Å². The topological polar surface area (TPSA) is 41.1 Å². The molecule has 1 atom stereocenters. The number of hydrogen-bond donors (Lipinski definition) is 2. The molecule has 1 aliphatic rings. The molecule has 0 radical (unpaired) electrons. The van der Waals surface area contributed by atoms with Crippen molar-refractivity contribution in [1.29, 1.82) is 0 Å². The van der Waals surface area contributed by atoms with E-state index in [2.05, 4.69) is 44.4 Å². The minimum absolute atomic E-state index is 0.117. The summed E-state index contributed by atoms with van der Waals surface area (Å²) >= 11 is 0. The molecule has 3 nitrogen and oxygen atoms in total. The van der Waals surface area contributed by atoms with Crippen molar-refractivity contribution in [3.8, 4) is 0 Å². The maximum Gasteiger partial charge on any atom is 0.224 e. The summed E-state index contributed by atoms with van der Waals surface area (Å²) in [6.45, 7) is 10.5. The average molecular weight is 274 g/mol. The first-order chi connectivity index (χ1) is 9.38. The molecule has 1 aromatic rings. The van der Waals surface area contributed by atoms with E-state index < -0.39 is 0 Å². The molecule has 20 heavy (non-hydrogen) atoms. The standard InChI is InChI=1S/C17H26N2O/c1-12(17(2,3)4)10-16(20)19-15-7-5-6-13-8-9-18-11-14(13)15/h5-7,12,18H,8-11H2,1-4H3,(H,19,20). The Labute approximate surface area is 122 Å². The SMILES string of the molecule is CC(CC(=O)Nc1cccc2c1CNCC2)C(C)(C)C. The number of hydrogen-bond acceptors (Lipinski definition) is 2. The van der Waals surface area contributed by atoms with Crippen molar-refractivity contribution in [1.82, 2.24) is 5.32 Å². The van der Waals surface area contributed by atoms with E-state index in [1.165, 1.54) is 11.1 Å². The Kier molecular flexibility index (Phi) is 4.48. The van der Waals surface area contributed by atoms with Crippen LogP contribution in [0.25, 0.3) is 0 Å². The van der Waals surface area contributed by atoms with Crippen molar-refractivity contribution in [2.45, 2.75) is 47.1 Å². The van der Waals surface area contributed by atoms with Crippen LogP contribution in [-0.4, -0.2) is 12.5 Å². The van der Waals surface area contributed by atoms with Crippen LogP contribution >= 0.6 is 0 Å². The van der Waals surface area contributed by atoms with E-state index in [4.69, 9.17) is 0 Å². The number of rotatable bonds is 3. The van der Waals surface area contributed by atoms with E-state index in [1.54, 1.807) is 0 Å². The minimum Gasteiger partial charge on any atom is -0.326 e. The molecule has 2 N–H and O–H groups in total. The average Bonchev–Trinajstić information content (AvgIpc) is 2.38. The van der Waals surface area contributed by atoms with Gasteiger partial charge in [0.05, 0.1) is 0 Å². The lowest BCUT2D eigenvalue weighted by molar-refractivity contribution is -0.117.